The van der Waals surface area contributed by atoms with Gasteiger partial charge >= 0.3 is 0 Å². The van der Waals surface area contributed by atoms with Crippen molar-refractivity contribution in [2.45, 2.75) is 6.04 Å². The van der Waals surface area contributed by atoms with E-state index >= 15 is 0 Å². The second-order valence-corrected chi connectivity index (χ2v) is 4.96. The molecule has 0 fully saturated rings. The first-order chi connectivity index (χ1) is 9.58. The van der Waals surface area contributed by atoms with Crippen LogP contribution in [0.25, 0.3) is 0 Å². The number of furan rings is 1. The maximum absolute atomic E-state index is 12.0. The molecule has 1 N–H and O–H groups in total. The van der Waals surface area contributed by atoms with Crippen molar-refractivity contribution < 1.29 is 9.21 Å². The number of hydrogen-bond acceptors (Lipinski definition) is 4. The number of halogens is 1. The van der Waals surface area contributed by atoms with E-state index in [1.54, 1.807) is 12.3 Å². The molecule has 20 heavy (non-hydrogen) atoms. The van der Waals surface area contributed by atoms with Gasteiger partial charge in [0.2, 0.25) is 0 Å². The molecule has 0 bridgehead atoms. The molecular weight excluding hydrogens is 278 g/mol. The van der Waals surface area contributed by atoms with Crippen LogP contribution in [0.1, 0.15) is 22.2 Å². The highest BCUT2D eigenvalue weighted by Crippen LogP contribution is 2.17. The van der Waals surface area contributed by atoms with E-state index in [1.807, 2.05) is 31.1 Å². The molecule has 0 spiro atoms. The first-order valence-corrected chi connectivity index (χ1v) is 6.55. The molecule has 0 aromatic carbocycles. The zero-order valence-electron chi connectivity index (χ0n) is 11.3. The largest absolute Gasteiger partial charge is 0.468 e. The van der Waals surface area contributed by atoms with Crippen molar-refractivity contribution in [1.82, 2.24) is 15.2 Å². The number of nitrogens with one attached hydrogen (secondary N) is 1. The predicted octanol–water partition coefficient (Wildman–Crippen LogP) is 2.36. The SMILES string of the molecule is CN(C)C(CNC(=O)c1ccnc(Cl)c1)c1ccco1. The minimum Gasteiger partial charge on any atom is -0.468 e. The van der Waals surface area contributed by atoms with Gasteiger partial charge in [0.05, 0.1) is 12.3 Å². The van der Waals surface area contributed by atoms with Gasteiger partial charge < -0.3 is 9.73 Å². The zero-order valence-corrected chi connectivity index (χ0v) is 12.1. The van der Waals surface area contributed by atoms with E-state index < -0.39 is 0 Å². The van der Waals surface area contributed by atoms with Crippen molar-refractivity contribution in [1.29, 1.82) is 0 Å². The van der Waals surface area contributed by atoms with Crippen LogP contribution in [0.15, 0.2) is 41.1 Å². The van der Waals surface area contributed by atoms with Crippen LogP contribution in [0.4, 0.5) is 0 Å². The molecule has 1 amide bonds. The minimum atomic E-state index is -0.187. The van der Waals surface area contributed by atoms with Gasteiger partial charge in [0, 0.05) is 18.3 Å². The lowest BCUT2D eigenvalue weighted by molar-refractivity contribution is 0.0939. The van der Waals surface area contributed by atoms with Crippen LogP contribution in [0.5, 0.6) is 0 Å². The number of nitrogens with zero attached hydrogens (tertiary/aromatic N) is 2. The van der Waals surface area contributed by atoms with E-state index in [2.05, 4.69) is 10.3 Å². The molecule has 0 saturated heterocycles. The van der Waals surface area contributed by atoms with Gasteiger partial charge in [0.1, 0.15) is 10.9 Å². The molecule has 2 aromatic heterocycles. The number of carbonyl (C=O) groups is 1. The average molecular weight is 294 g/mol. The molecule has 106 valence electrons. The Bertz CT molecular complexity index is 570. The Kier molecular flexibility index (Phi) is 4.76. The van der Waals surface area contributed by atoms with Crippen LogP contribution in [0.2, 0.25) is 5.15 Å². The summed E-state index contributed by atoms with van der Waals surface area (Å²) in [5, 5.41) is 3.17. The van der Waals surface area contributed by atoms with Crippen molar-refractivity contribution >= 4 is 17.5 Å². The van der Waals surface area contributed by atoms with Gasteiger partial charge in [-0.15, -0.1) is 0 Å². The van der Waals surface area contributed by atoms with Gasteiger partial charge in [-0.2, -0.15) is 0 Å². The fourth-order valence-electron chi connectivity index (χ4n) is 1.85. The van der Waals surface area contributed by atoms with Crippen LogP contribution in [0, 0.1) is 0 Å². The van der Waals surface area contributed by atoms with E-state index in [0.29, 0.717) is 17.3 Å². The molecule has 0 radical (unpaired) electrons. The molecule has 6 heteroatoms. The highest BCUT2D eigenvalue weighted by atomic mass is 35.5. The summed E-state index contributed by atoms with van der Waals surface area (Å²) in [7, 11) is 3.87. The Morgan fingerprint density at radius 3 is 2.90 bits per heavy atom. The molecule has 0 saturated carbocycles. The normalized spacial score (nSPS) is 12.4. The Labute approximate surface area is 122 Å². The summed E-state index contributed by atoms with van der Waals surface area (Å²) in [5.74, 6) is 0.621. The van der Waals surface area contributed by atoms with Crippen LogP contribution in [-0.4, -0.2) is 36.4 Å². The van der Waals surface area contributed by atoms with Gasteiger partial charge in [-0.05, 0) is 38.4 Å². The smallest absolute Gasteiger partial charge is 0.251 e. The third kappa shape index (κ3) is 3.59. The number of aromatic nitrogens is 1. The molecule has 0 aliphatic rings. The van der Waals surface area contributed by atoms with Gasteiger partial charge in [0.25, 0.3) is 5.91 Å². The molecule has 5 nitrogen and oxygen atoms in total. The van der Waals surface area contributed by atoms with E-state index in [4.69, 9.17) is 16.0 Å². The summed E-state index contributed by atoms with van der Waals surface area (Å²) in [6.07, 6.45) is 3.13. The summed E-state index contributed by atoms with van der Waals surface area (Å²) in [6.45, 7) is 0.444. The number of carbonyl (C=O) groups excluding carboxylic acids is 1. The molecule has 1 atom stereocenters. The summed E-state index contributed by atoms with van der Waals surface area (Å²) in [6, 6.07) is 6.86. The molecule has 2 rings (SSSR count). The summed E-state index contributed by atoms with van der Waals surface area (Å²) >= 11 is 5.77. The monoisotopic (exact) mass is 293 g/mol. The quantitative estimate of drug-likeness (QED) is 0.860. The minimum absolute atomic E-state index is 0.0220. The lowest BCUT2D eigenvalue weighted by Crippen LogP contribution is -2.34. The van der Waals surface area contributed by atoms with Crippen molar-refractivity contribution in [3.05, 3.63) is 53.2 Å². The van der Waals surface area contributed by atoms with Crippen molar-refractivity contribution in [3.8, 4) is 0 Å². The van der Waals surface area contributed by atoms with Crippen molar-refractivity contribution in [2.75, 3.05) is 20.6 Å². The third-order valence-electron chi connectivity index (χ3n) is 2.94. The first-order valence-electron chi connectivity index (χ1n) is 6.17. The highest BCUT2D eigenvalue weighted by molar-refractivity contribution is 6.29. The van der Waals surface area contributed by atoms with Gasteiger partial charge in [-0.3, -0.25) is 9.69 Å². The molecule has 1 unspecified atom stereocenters. The molecular formula is C14H16ClN3O2. The van der Waals surface area contributed by atoms with Crippen LogP contribution >= 0.6 is 11.6 Å². The second-order valence-electron chi connectivity index (χ2n) is 4.57. The molecule has 2 aromatic rings. The predicted molar refractivity (Wildman–Crippen MR) is 76.7 cm³/mol. The van der Waals surface area contributed by atoms with E-state index in [0.717, 1.165) is 5.76 Å². The topological polar surface area (TPSA) is 58.4 Å². The summed E-state index contributed by atoms with van der Waals surface area (Å²) in [4.78, 5) is 17.9. The lowest BCUT2D eigenvalue weighted by atomic mass is 10.2. The van der Waals surface area contributed by atoms with Crippen LogP contribution in [-0.2, 0) is 0 Å². The number of rotatable bonds is 5. The number of amides is 1. The number of likely N-dealkylation sites (N-methyl/N-ethyl adjacent to an activating group) is 1. The third-order valence-corrected chi connectivity index (χ3v) is 3.15. The Morgan fingerprint density at radius 2 is 2.30 bits per heavy atom. The first kappa shape index (κ1) is 14.6. The van der Waals surface area contributed by atoms with E-state index in [9.17, 15) is 4.79 Å². The van der Waals surface area contributed by atoms with Crippen molar-refractivity contribution in [3.63, 3.8) is 0 Å². The fraction of sp³-hybridized carbons (Fsp3) is 0.286. The Morgan fingerprint density at radius 1 is 1.50 bits per heavy atom. The number of hydrogen-bond donors (Lipinski definition) is 1. The summed E-state index contributed by atoms with van der Waals surface area (Å²) in [5.41, 5.74) is 0.488. The van der Waals surface area contributed by atoms with E-state index in [-0.39, 0.29) is 11.9 Å². The van der Waals surface area contributed by atoms with Gasteiger partial charge in [-0.25, -0.2) is 4.98 Å². The Balaban J connectivity index is 2.01. The van der Waals surface area contributed by atoms with E-state index in [1.165, 1.54) is 12.3 Å². The lowest BCUT2D eigenvalue weighted by Gasteiger charge is -2.22. The maximum Gasteiger partial charge on any atom is 0.251 e. The molecule has 0 aliphatic carbocycles. The Hall–Kier alpha value is -1.85. The second kappa shape index (κ2) is 6.54. The molecule has 0 aliphatic heterocycles. The van der Waals surface area contributed by atoms with Gasteiger partial charge in [0.15, 0.2) is 0 Å². The number of pyridine rings is 1. The zero-order chi connectivity index (χ0) is 14.5. The standard InChI is InChI=1S/C14H16ClN3O2/c1-18(2)11(12-4-3-7-20-12)9-17-14(19)10-5-6-16-13(15)8-10/h3-8,11H,9H2,1-2H3,(H,17,19). The van der Waals surface area contributed by atoms with Gasteiger partial charge in [-0.1, -0.05) is 11.6 Å². The van der Waals surface area contributed by atoms with Crippen LogP contribution in [0.3, 0.4) is 0 Å². The fourth-order valence-corrected chi connectivity index (χ4v) is 2.03. The average Bonchev–Trinajstić information content (AvgIpc) is 2.92. The summed E-state index contributed by atoms with van der Waals surface area (Å²) < 4.78 is 5.39. The van der Waals surface area contributed by atoms with Crippen molar-refractivity contribution in [2.24, 2.45) is 0 Å². The van der Waals surface area contributed by atoms with Crippen LogP contribution < -0.4 is 5.32 Å². The highest BCUT2D eigenvalue weighted by Gasteiger charge is 2.18. The molecule has 2 heterocycles. The maximum atomic E-state index is 12.0.